The van der Waals surface area contributed by atoms with Crippen molar-refractivity contribution >= 4 is 54.3 Å². The monoisotopic (exact) mass is 708 g/mol. The standard InChI is InChI=1S/C54H44O/c1-53(2,3)38-24-18-33(19-25-38)40-28-22-37-23-29-44-48(36-20-26-39(27-21-36)54(4,5)6)32-47(45-31-30-43(40)50(37)51(44)45)35-16-14-34(15-17-35)41-11-9-12-46-42-10-7-8-13-49(42)55-52(41)46/h7-32H,1-6H3. The zero-order valence-electron chi connectivity index (χ0n) is 32.4. The third-order valence-corrected chi connectivity index (χ3v) is 11.8. The molecule has 0 bridgehead atoms. The van der Waals surface area contributed by atoms with Crippen molar-refractivity contribution in [3.63, 3.8) is 0 Å². The molecular weight excluding hydrogens is 665 g/mol. The maximum Gasteiger partial charge on any atom is 0.143 e. The fourth-order valence-electron chi connectivity index (χ4n) is 8.73. The first-order chi connectivity index (χ1) is 26.5. The van der Waals surface area contributed by atoms with Crippen molar-refractivity contribution in [1.82, 2.24) is 0 Å². The minimum atomic E-state index is 0.0856. The summed E-state index contributed by atoms with van der Waals surface area (Å²) in [4.78, 5) is 0. The van der Waals surface area contributed by atoms with E-state index in [-0.39, 0.29) is 10.8 Å². The van der Waals surface area contributed by atoms with Crippen LogP contribution in [0.2, 0.25) is 0 Å². The summed E-state index contributed by atoms with van der Waals surface area (Å²) in [7, 11) is 0. The summed E-state index contributed by atoms with van der Waals surface area (Å²) in [5.74, 6) is 0. The lowest BCUT2D eigenvalue weighted by molar-refractivity contribution is 0.590. The van der Waals surface area contributed by atoms with Gasteiger partial charge in [-0.25, -0.2) is 0 Å². The molecule has 0 aliphatic heterocycles. The smallest absolute Gasteiger partial charge is 0.143 e. The molecule has 1 aromatic heterocycles. The number of rotatable bonds is 4. The zero-order chi connectivity index (χ0) is 37.6. The third kappa shape index (κ3) is 5.44. The summed E-state index contributed by atoms with van der Waals surface area (Å²) in [5.41, 5.74) is 14.4. The van der Waals surface area contributed by atoms with E-state index in [1.54, 1.807) is 0 Å². The molecule has 10 aromatic rings. The number of fused-ring (bicyclic) bond motifs is 3. The van der Waals surface area contributed by atoms with E-state index in [1.807, 2.05) is 6.07 Å². The van der Waals surface area contributed by atoms with Gasteiger partial charge in [-0.2, -0.15) is 0 Å². The van der Waals surface area contributed by atoms with Crippen LogP contribution in [0.4, 0.5) is 0 Å². The van der Waals surface area contributed by atoms with Gasteiger partial charge < -0.3 is 4.42 Å². The number of hydrogen-bond donors (Lipinski definition) is 0. The summed E-state index contributed by atoms with van der Waals surface area (Å²) < 4.78 is 6.43. The van der Waals surface area contributed by atoms with E-state index >= 15 is 0 Å². The molecule has 1 nitrogen and oxygen atoms in total. The van der Waals surface area contributed by atoms with Crippen LogP contribution in [-0.2, 0) is 10.8 Å². The van der Waals surface area contributed by atoms with E-state index in [0.29, 0.717) is 0 Å². The molecule has 10 rings (SSSR count). The topological polar surface area (TPSA) is 13.1 Å². The zero-order valence-corrected chi connectivity index (χ0v) is 32.4. The van der Waals surface area contributed by atoms with Crippen molar-refractivity contribution < 1.29 is 4.42 Å². The normalized spacial score (nSPS) is 12.5. The van der Waals surface area contributed by atoms with Crippen molar-refractivity contribution in [2.24, 2.45) is 0 Å². The van der Waals surface area contributed by atoms with Crippen molar-refractivity contribution in [3.05, 3.63) is 169 Å². The van der Waals surface area contributed by atoms with E-state index in [2.05, 4.69) is 193 Å². The van der Waals surface area contributed by atoms with Crippen molar-refractivity contribution in [1.29, 1.82) is 0 Å². The van der Waals surface area contributed by atoms with Crippen molar-refractivity contribution in [2.75, 3.05) is 0 Å². The second-order valence-corrected chi connectivity index (χ2v) is 17.3. The number of para-hydroxylation sites is 2. The molecule has 1 heterocycles. The SMILES string of the molecule is CC(C)(C)c1ccc(-c2ccc3ccc4c(-c5ccc(C(C)(C)C)cc5)cc(-c5ccc(-c6cccc7c6oc6ccccc67)cc5)c5ccc2c3c45)cc1. The van der Waals surface area contributed by atoms with Crippen LogP contribution in [0.15, 0.2) is 162 Å². The summed E-state index contributed by atoms with van der Waals surface area (Å²) in [6.07, 6.45) is 0. The van der Waals surface area contributed by atoms with Gasteiger partial charge in [-0.3, -0.25) is 0 Å². The lowest BCUT2D eigenvalue weighted by Crippen LogP contribution is -2.10. The molecule has 0 amide bonds. The maximum atomic E-state index is 6.43. The van der Waals surface area contributed by atoms with Crippen molar-refractivity contribution in [2.45, 2.75) is 52.4 Å². The fourth-order valence-corrected chi connectivity index (χ4v) is 8.73. The Balaban J connectivity index is 1.19. The number of benzene rings is 9. The highest BCUT2D eigenvalue weighted by Gasteiger charge is 2.21. The molecule has 0 N–H and O–H groups in total. The van der Waals surface area contributed by atoms with Gasteiger partial charge in [0.25, 0.3) is 0 Å². The van der Waals surface area contributed by atoms with Crippen LogP contribution in [-0.4, -0.2) is 0 Å². The van der Waals surface area contributed by atoms with Gasteiger partial charge in [0.2, 0.25) is 0 Å². The Bertz CT molecular complexity index is 3050. The first-order valence-electron chi connectivity index (χ1n) is 19.5. The molecule has 0 fully saturated rings. The Morgan fingerprint density at radius 3 is 1.42 bits per heavy atom. The largest absolute Gasteiger partial charge is 0.455 e. The van der Waals surface area contributed by atoms with Gasteiger partial charge in [0, 0.05) is 16.3 Å². The summed E-state index contributed by atoms with van der Waals surface area (Å²) in [6, 6.07) is 58.7. The molecule has 1 heteroatoms. The van der Waals surface area contributed by atoms with Gasteiger partial charge in [0.1, 0.15) is 11.2 Å². The van der Waals surface area contributed by atoms with Gasteiger partial charge in [0.15, 0.2) is 0 Å². The summed E-state index contributed by atoms with van der Waals surface area (Å²) in [5, 5.41) is 10.1. The summed E-state index contributed by atoms with van der Waals surface area (Å²) in [6.45, 7) is 13.7. The molecule has 0 radical (unpaired) electrons. The Labute approximate surface area is 323 Å². The molecule has 55 heavy (non-hydrogen) atoms. The second-order valence-electron chi connectivity index (χ2n) is 17.3. The van der Waals surface area contributed by atoms with Gasteiger partial charge in [-0.05, 0) is 105 Å². The van der Waals surface area contributed by atoms with E-state index in [1.165, 1.54) is 76.8 Å². The van der Waals surface area contributed by atoms with Crippen LogP contribution in [0.25, 0.3) is 98.8 Å². The molecule has 0 aliphatic carbocycles. The Morgan fingerprint density at radius 1 is 0.345 bits per heavy atom. The molecule has 0 spiro atoms. The van der Waals surface area contributed by atoms with Crippen LogP contribution in [0.3, 0.4) is 0 Å². The highest BCUT2D eigenvalue weighted by atomic mass is 16.3. The van der Waals surface area contributed by atoms with Crippen LogP contribution in [0.5, 0.6) is 0 Å². The van der Waals surface area contributed by atoms with E-state index in [0.717, 1.165) is 33.1 Å². The summed E-state index contributed by atoms with van der Waals surface area (Å²) >= 11 is 0. The molecule has 0 aliphatic rings. The molecule has 266 valence electrons. The fraction of sp³-hybridized carbons (Fsp3) is 0.148. The minimum absolute atomic E-state index is 0.0856. The van der Waals surface area contributed by atoms with Crippen molar-refractivity contribution in [3.8, 4) is 44.5 Å². The highest BCUT2D eigenvalue weighted by Crippen LogP contribution is 2.47. The van der Waals surface area contributed by atoms with Gasteiger partial charge in [-0.15, -0.1) is 0 Å². The first-order valence-corrected chi connectivity index (χ1v) is 19.5. The van der Waals surface area contributed by atoms with Crippen LogP contribution < -0.4 is 0 Å². The molecule has 0 saturated carbocycles. The van der Waals surface area contributed by atoms with Gasteiger partial charge >= 0.3 is 0 Å². The van der Waals surface area contributed by atoms with E-state index < -0.39 is 0 Å². The number of furan rings is 1. The predicted octanol–water partition coefficient (Wildman–Crippen LogP) is 15.7. The van der Waals surface area contributed by atoms with E-state index in [4.69, 9.17) is 4.42 Å². The van der Waals surface area contributed by atoms with Crippen LogP contribution in [0.1, 0.15) is 52.7 Å². The predicted molar refractivity (Wildman–Crippen MR) is 237 cm³/mol. The average molecular weight is 709 g/mol. The quantitative estimate of drug-likeness (QED) is 0.166. The Morgan fingerprint density at radius 2 is 0.818 bits per heavy atom. The lowest BCUT2D eigenvalue weighted by atomic mass is 9.82. The molecular formula is C54H44O. The molecule has 0 atom stereocenters. The van der Waals surface area contributed by atoms with E-state index in [9.17, 15) is 0 Å². The lowest BCUT2D eigenvalue weighted by Gasteiger charge is -2.22. The third-order valence-electron chi connectivity index (χ3n) is 11.8. The maximum absolute atomic E-state index is 6.43. The second kappa shape index (κ2) is 12.2. The number of hydrogen-bond acceptors (Lipinski definition) is 1. The minimum Gasteiger partial charge on any atom is -0.455 e. The van der Waals surface area contributed by atoms with Gasteiger partial charge in [-0.1, -0.05) is 187 Å². The Kier molecular flexibility index (Phi) is 7.39. The van der Waals surface area contributed by atoms with Gasteiger partial charge in [0.05, 0.1) is 0 Å². The molecule has 0 unspecified atom stereocenters. The first kappa shape index (κ1) is 33.4. The average Bonchev–Trinajstić information content (AvgIpc) is 3.58. The molecule has 9 aromatic carbocycles. The van der Waals surface area contributed by atoms with Crippen LogP contribution >= 0.6 is 0 Å². The van der Waals surface area contributed by atoms with Crippen LogP contribution in [0, 0.1) is 0 Å². The Hall–Kier alpha value is -6.18. The molecule has 0 saturated heterocycles. The highest BCUT2D eigenvalue weighted by molar-refractivity contribution is 6.30.